The van der Waals surface area contributed by atoms with E-state index in [0.717, 1.165) is 3.57 Å². The number of carbonyl (C=O) groups excluding carboxylic acids is 1. The van der Waals surface area contributed by atoms with Gasteiger partial charge in [-0.25, -0.2) is 5.43 Å². The molecule has 2 rings (SSSR count). The molecule has 0 aliphatic heterocycles. The summed E-state index contributed by atoms with van der Waals surface area (Å²) in [5.74, 6) is 0.242. The van der Waals surface area contributed by atoms with Gasteiger partial charge in [0.1, 0.15) is 5.75 Å². The van der Waals surface area contributed by atoms with Crippen molar-refractivity contribution in [1.29, 1.82) is 0 Å². The number of nitrogens with one attached hydrogen (secondary N) is 1. The zero-order valence-electron chi connectivity index (χ0n) is 11.2. The molecule has 2 aromatic rings. The number of ether oxygens (including phenoxy) is 1. The minimum atomic E-state index is -0.377. The van der Waals surface area contributed by atoms with Crippen LogP contribution in [0.1, 0.15) is 5.56 Å². The van der Waals surface area contributed by atoms with Crippen molar-refractivity contribution in [3.63, 3.8) is 0 Å². The second-order valence-electron chi connectivity index (χ2n) is 4.17. The maximum absolute atomic E-state index is 11.6. The van der Waals surface area contributed by atoms with Gasteiger partial charge in [0.15, 0.2) is 6.61 Å². The fourth-order valence-electron chi connectivity index (χ4n) is 1.51. The first-order valence-corrected chi connectivity index (χ1v) is 8.04. The summed E-state index contributed by atoms with van der Waals surface area (Å²) in [4.78, 5) is 11.6. The molecule has 0 aliphatic carbocycles. The van der Waals surface area contributed by atoms with E-state index in [2.05, 4.69) is 33.1 Å². The van der Waals surface area contributed by atoms with Gasteiger partial charge in [-0.15, -0.1) is 0 Å². The summed E-state index contributed by atoms with van der Waals surface area (Å²) < 4.78 is 6.42. The third kappa shape index (κ3) is 5.15. The SMILES string of the molecule is O=C(COc1ccc(I)cc1)NN=Cc1c(Cl)cccc1Cl. The molecule has 4 nitrogen and oxygen atoms in total. The van der Waals surface area contributed by atoms with Crippen molar-refractivity contribution in [3.8, 4) is 5.75 Å². The summed E-state index contributed by atoms with van der Waals surface area (Å²) in [6, 6.07) is 12.5. The van der Waals surface area contributed by atoms with Crippen molar-refractivity contribution in [2.45, 2.75) is 0 Å². The molecule has 1 N–H and O–H groups in total. The van der Waals surface area contributed by atoms with Crippen LogP contribution in [0.2, 0.25) is 10.0 Å². The van der Waals surface area contributed by atoms with Crippen LogP contribution in [0, 0.1) is 3.57 Å². The molecule has 114 valence electrons. The highest BCUT2D eigenvalue weighted by molar-refractivity contribution is 14.1. The quantitative estimate of drug-likeness (QED) is 0.424. The molecule has 0 aliphatic rings. The van der Waals surface area contributed by atoms with Crippen molar-refractivity contribution in [2.75, 3.05) is 6.61 Å². The molecule has 7 heteroatoms. The summed E-state index contributed by atoms with van der Waals surface area (Å²) in [7, 11) is 0. The van der Waals surface area contributed by atoms with Crippen molar-refractivity contribution in [3.05, 3.63) is 61.6 Å². The Kier molecular flexibility index (Phi) is 6.48. The summed E-state index contributed by atoms with van der Waals surface area (Å²) >= 11 is 14.2. The molecule has 0 unspecified atom stereocenters. The zero-order chi connectivity index (χ0) is 15.9. The Morgan fingerprint density at radius 3 is 2.45 bits per heavy atom. The van der Waals surface area contributed by atoms with Gasteiger partial charge in [0.2, 0.25) is 0 Å². The smallest absolute Gasteiger partial charge is 0.277 e. The monoisotopic (exact) mass is 448 g/mol. The molecule has 0 aromatic heterocycles. The van der Waals surface area contributed by atoms with Crippen molar-refractivity contribution in [1.82, 2.24) is 5.43 Å². The van der Waals surface area contributed by atoms with Gasteiger partial charge in [0.05, 0.1) is 16.3 Å². The number of rotatable bonds is 5. The molecule has 1 amide bonds. The average molecular weight is 449 g/mol. The summed E-state index contributed by atoms with van der Waals surface area (Å²) in [6.07, 6.45) is 1.40. The van der Waals surface area contributed by atoms with Crippen molar-refractivity contribution < 1.29 is 9.53 Å². The standard InChI is InChI=1S/C15H11Cl2IN2O2/c16-13-2-1-3-14(17)12(13)8-19-20-15(21)9-22-11-6-4-10(18)5-7-11/h1-8H,9H2,(H,20,21). The first kappa shape index (κ1) is 17.1. The fourth-order valence-corrected chi connectivity index (χ4v) is 2.37. The lowest BCUT2D eigenvalue weighted by Gasteiger charge is -2.05. The molecular weight excluding hydrogens is 438 g/mol. The van der Waals surface area contributed by atoms with Crippen LogP contribution in [0.25, 0.3) is 0 Å². The van der Waals surface area contributed by atoms with Crippen LogP contribution < -0.4 is 10.2 Å². The van der Waals surface area contributed by atoms with Gasteiger partial charge < -0.3 is 4.74 Å². The van der Waals surface area contributed by atoms with E-state index >= 15 is 0 Å². The van der Waals surface area contributed by atoms with E-state index in [9.17, 15) is 4.79 Å². The molecule has 0 atom stereocenters. The Labute approximate surface area is 151 Å². The molecule has 0 saturated carbocycles. The molecule has 22 heavy (non-hydrogen) atoms. The maximum Gasteiger partial charge on any atom is 0.277 e. The molecular formula is C15H11Cl2IN2O2. The topological polar surface area (TPSA) is 50.7 Å². The number of benzene rings is 2. The van der Waals surface area contributed by atoms with Gasteiger partial charge in [0, 0.05) is 9.13 Å². The lowest BCUT2D eigenvalue weighted by molar-refractivity contribution is -0.123. The van der Waals surface area contributed by atoms with Gasteiger partial charge in [0.25, 0.3) is 5.91 Å². The van der Waals surface area contributed by atoms with Crippen molar-refractivity contribution in [2.24, 2.45) is 5.10 Å². The second-order valence-corrected chi connectivity index (χ2v) is 6.23. The lowest BCUT2D eigenvalue weighted by Crippen LogP contribution is -2.24. The van der Waals surface area contributed by atoms with Crippen LogP contribution in [0.4, 0.5) is 0 Å². The average Bonchev–Trinajstić information content (AvgIpc) is 2.50. The Hall–Kier alpha value is -1.31. The molecule has 0 heterocycles. The molecule has 0 spiro atoms. The predicted octanol–water partition coefficient (Wildman–Crippen LogP) is 4.13. The van der Waals surface area contributed by atoms with E-state index < -0.39 is 0 Å². The fraction of sp³-hybridized carbons (Fsp3) is 0.0667. The first-order chi connectivity index (χ1) is 10.6. The first-order valence-electron chi connectivity index (χ1n) is 6.20. The molecule has 0 radical (unpaired) electrons. The number of halogens is 3. The van der Waals surface area contributed by atoms with E-state index in [1.807, 2.05) is 12.1 Å². The van der Waals surface area contributed by atoms with Gasteiger partial charge in [-0.05, 0) is 59.0 Å². The van der Waals surface area contributed by atoms with Crippen LogP contribution >= 0.6 is 45.8 Å². The van der Waals surface area contributed by atoms with Crippen LogP contribution in [0.3, 0.4) is 0 Å². The highest BCUT2D eigenvalue weighted by Gasteiger charge is 2.04. The van der Waals surface area contributed by atoms with Crippen LogP contribution in [0.5, 0.6) is 5.75 Å². The summed E-state index contributed by atoms with van der Waals surface area (Å²) in [5, 5.41) is 4.73. The Morgan fingerprint density at radius 2 is 1.82 bits per heavy atom. The summed E-state index contributed by atoms with van der Waals surface area (Å²) in [6.45, 7) is -0.131. The van der Waals surface area contributed by atoms with Crippen LogP contribution in [-0.2, 0) is 4.79 Å². The number of amides is 1. The Bertz CT molecular complexity index is 670. The number of nitrogens with zero attached hydrogens (tertiary/aromatic N) is 1. The maximum atomic E-state index is 11.6. The van der Waals surface area contributed by atoms with Crippen LogP contribution in [-0.4, -0.2) is 18.7 Å². The Balaban J connectivity index is 1.85. The molecule has 0 fully saturated rings. The number of hydrogen-bond acceptors (Lipinski definition) is 3. The zero-order valence-corrected chi connectivity index (χ0v) is 14.9. The largest absolute Gasteiger partial charge is 0.484 e. The molecule has 0 saturated heterocycles. The van der Waals surface area contributed by atoms with E-state index in [0.29, 0.717) is 21.4 Å². The van der Waals surface area contributed by atoms with Crippen LogP contribution in [0.15, 0.2) is 47.6 Å². The highest BCUT2D eigenvalue weighted by Crippen LogP contribution is 2.22. The van der Waals surface area contributed by atoms with E-state index in [-0.39, 0.29) is 12.5 Å². The van der Waals surface area contributed by atoms with Gasteiger partial charge in [-0.1, -0.05) is 29.3 Å². The molecule has 2 aromatic carbocycles. The third-order valence-electron chi connectivity index (χ3n) is 2.57. The summed E-state index contributed by atoms with van der Waals surface area (Å²) in [5.41, 5.74) is 2.90. The van der Waals surface area contributed by atoms with Gasteiger partial charge in [-0.3, -0.25) is 4.79 Å². The second kappa shape index (κ2) is 8.36. The number of carbonyl (C=O) groups is 1. The molecule has 0 bridgehead atoms. The van der Waals surface area contributed by atoms with Gasteiger partial charge >= 0.3 is 0 Å². The predicted molar refractivity (Wildman–Crippen MR) is 96.9 cm³/mol. The Morgan fingerprint density at radius 1 is 1.18 bits per heavy atom. The normalized spacial score (nSPS) is 10.7. The minimum absolute atomic E-state index is 0.131. The van der Waals surface area contributed by atoms with Gasteiger partial charge in [-0.2, -0.15) is 5.10 Å². The van der Waals surface area contributed by atoms with E-state index in [1.54, 1.807) is 30.3 Å². The number of hydrazone groups is 1. The highest BCUT2D eigenvalue weighted by atomic mass is 127. The van der Waals surface area contributed by atoms with Crippen molar-refractivity contribution >= 4 is 57.9 Å². The number of hydrogen-bond donors (Lipinski definition) is 1. The van der Waals surface area contributed by atoms with E-state index in [1.165, 1.54) is 6.21 Å². The minimum Gasteiger partial charge on any atom is -0.484 e. The third-order valence-corrected chi connectivity index (χ3v) is 3.94. The lowest BCUT2D eigenvalue weighted by atomic mass is 10.2. The van der Waals surface area contributed by atoms with E-state index in [4.69, 9.17) is 27.9 Å².